The third-order valence-electron chi connectivity index (χ3n) is 10.6. The summed E-state index contributed by atoms with van der Waals surface area (Å²) >= 11 is 0. The van der Waals surface area contributed by atoms with Crippen LogP contribution < -0.4 is 0 Å². The van der Waals surface area contributed by atoms with Gasteiger partial charge in [0.25, 0.3) is 0 Å². The summed E-state index contributed by atoms with van der Waals surface area (Å²) in [6.07, 6.45) is 9.65. The van der Waals surface area contributed by atoms with E-state index in [-0.39, 0.29) is 28.8 Å². The number of aliphatic hydroxyl groups is 1. The van der Waals surface area contributed by atoms with E-state index < -0.39 is 5.41 Å². The van der Waals surface area contributed by atoms with Crippen LogP contribution in [-0.2, 0) is 9.53 Å². The number of hydrogen-bond donors (Lipinski definition) is 1. The van der Waals surface area contributed by atoms with E-state index in [0.29, 0.717) is 17.8 Å². The monoisotopic (exact) mass is 446 g/mol. The Labute approximate surface area is 198 Å². The summed E-state index contributed by atoms with van der Waals surface area (Å²) in [6, 6.07) is 10.6. The molecular formula is C30H38O3. The Morgan fingerprint density at radius 3 is 2.42 bits per heavy atom. The summed E-state index contributed by atoms with van der Waals surface area (Å²) in [7, 11) is 0. The van der Waals surface area contributed by atoms with Crippen molar-refractivity contribution in [3.8, 4) is 0 Å². The van der Waals surface area contributed by atoms with Gasteiger partial charge in [-0.05, 0) is 93.1 Å². The molecule has 5 aliphatic rings. The van der Waals surface area contributed by atoms with Crippen molar-refractivity contribution in [2.75, 3.05) is 0 Å². The van der Waals surface area contributed by atoms with Gasteiger partial charge in [-0.15, -0.1) is 0 Å². The van der Waals surface area contributed by atoms with Gasteiger partial charge in [-0.1, -0.05) is 55.8 Å². The molecule has 0 saturated heterocycles. The van der Waals surface area contributed by atoms with Gasteiger partial charge < -0.3 is 9.84 Å². The molecule has 1 aromatic carbocycles. The molecule has 3 nitrogen and oxygen atoms in total. The summed E-state index contributed by atoms with van der Waals surface area (Å²) in [5.74, 6) is 2.85. The van der Waals surface area contributed by atoms with Crippen LogP contribution in [0.2, 0.25) is 0 Å². The van der Waals surface area contributed by atoms with Crippen molar-refractivity contribution in [3.05, 3.63) is 58.9 Å². The van der Waals surface area contributed by atoms with E-state index in [2.05, 4.69) is 64.1 Å². The molecule has 3 heteroatoms. The average molecular weight is 447 g/mol. The molecule has 1 heterocycles. The lowest BCUT2D eigenvalue weighted by atomic mass is 9.48. The zero-order valence-corrected chi connectivity index (χ0v) is 20.6. The van der Waals surface area contributed by atoms with Gasteiger partial charge in [-0.2, -0.15) is 0 Å². The largest absolute Gasteiger partial charge is 0.430 e. The number of esters is 1. The lowest BCUT2D eigenvalue weighted by Gasteiger charge is -2.57. The molecule has 0 spiro atoms. The number of allylic oxidation sites excluding steroid dienone is 3. The van der Waals surface area contributed by atoms with Crippen LogP contribution in [0, 0.1) is 34.0 Å². The first-order valence-corrected chi connectivity index (χ1v) is 13.0. The molecule has 33 heavy (non-hydrogen) atoms. The maximum absolute atomic E-state index is 13.3. The molecule has 0 aromatic heterocycles. The summed E-state index contributed by atoms with van der Waals surface area (Å²) in [6.45, 7) is 8.99. The minimum absolute atomic E-state index is 0.0500. The molecule has 1 N–H and O–H groups in total. The van der Waals surface area contributed by atoms with Crippen LogP contribution in [0.1, 0.15) is 84.1 Å². The first-order chi connectivity index (χ1) is 15.7. The lowest BCUT2D eigenvalue weighted by molar-refractivity contribution is -0.155. The molecule has 0 amide bonds. The second-order valence-electron chi connectivity index (χ2n) is 12.6. The highest BCUT2D eigenvalue weighted by atomic mass is 16.5. The predicted molar refractivity (Wildman–Crippen MR) is 129 cm³/mol. The highest BCUT2D eigenvalue weighted by molar-refractivity contribution is 5.81. The molecule has 1 aromatic rings. The van der Waals surface area contributed by atoms with E-state index in [1.165, 1.54) is 23.1 Å². The van der Waals surface area contributed by atoms with Crippen LogP contribution in [0.4, 0.5) is 0 Å². The Morgan fingerprint density at radius 1 is 0.939 bits per heavy atom. The van der Waals surface area contributed by atoms with Gasteiger partial charge >= 0.3 is 5.97 Å². The number of fused-ring (bicyclic) bond motifs is 6. The van der Waals surface area contributed by atoms with Crippen LogP contribution in [-0.4, -0.2) is 17.2 Å². The fourth-order valence-electron chi connectivity index (χ4n) is 8.79. The average Bonchev–Trinajstić information content (AvgIpc) is 3.07. The highest BCUT2D eigenvalue weighted by Crippen LogP contribution is 2.69. The van der Waals surface area contributed by atoms with Crippen LogP contribution in [0.5, 0.6) is 0 Å². The van der Waals surface area contributed by atoms with Gasteiger partial charge in [0.2, 0.25) is 0 Å². The van der Waals surface area contributed by atoms with Gasteiger partial charge in [0.05, 0.1) is 11.5 Å². The molecule has 6 rings (SSSR count). The fourth-order valence-corrected chi connectivity index (χ4v) is 8.79. The first kappa shape index (κ1) is 21.6. The van der Waals surface area contributed by atoms with Crippen LogP contribution in [0.25, 0.3) is 0 Å². The van der Waals surface area contributed by atoms with Crippen molar-refractivity contribution in [1.29, 1.82) is 0 Å². The van der Waals surface area contributed by atoms with Gasteiger partial charge in [-0.3, -0.25) is 4.79 Å². The number of carbonyl (C=O) groups excluding carboxylic acids is 1. The molecule has 1 aliphatic heterocycles. The number of aliphatic hydroxyl groups excluding tert-OH is 1. The minimum atomic E-state index is -0.561. The maximum Gasteiger partial charge on any atom is 0.317 e. The summed E-state index contributed by atoms with van der Waals surface area (Å²) in [5, 5.41) is 10.3. The summed E-state index contributed by atoms with van der Waals surface area (Å²) in [4.78, 5) is 13.3. The lowest BCUT2D eigenvalue weighted by Crippen LogP contribution is -2.50. The Bertz CT molecular complexity index is 1050. The second kappa shape index (κ2) is 7.07. The van der Waals surface area contributed by atoms with Gasteiger partial charge in [0, 0.05) is 11.3 Å². The second-order valence-corrected chi connectivity index (χ2v) is 12.6. The van der Waals surface area contributed by atoms with Gasteiger partial charge in [0.1, 0.15) is 5.76 Å². The van der Waals surface area contributed by atoms with Crippen molar-refractivity contribution in [2.24, 2.45) is 34.0 Å². The topological polar surface area (TPSA) is 46.5 Å². The number of carbonyl (C=O) groups is 1. The highest BCUT2D eigenvalue weighted by Gasteiger charge is 2.62. The molecular weight excluding hydrogens is 408 g/mol. The van der Waals surface area contributed by atoms with Crippen molar-refractivity contribution >= 4 is 5.97 Å². The molecule has 2 fully saturated rings. The zero-order chi connectivity index (χ0) is 23.2. The van der Waals surface area contributed by atoms with E-state index in [1.54, 1.807) is 0 Å². The van der Waals surface area contributed by atoms with Crippen molar-refractivity contribution < 1.29 is 14.6 Å². The molecule has 7 atom stereocenters. The summed E-state index contributed by atoms with van der Waals surface area (Å²) in [5.41, 5.74) is 3.75. The normalized spacial score (nSPS) is 43.6. The van der Waals surface area contributed by atoms with E-state index in [0.717, 1.165) is 44.3 Å². The molecule has 176 valence electrons. The van der Waals surface area contributed by atoms with E-state index in [4.69, 9.17) is 4.74 Å². The zero-order valence-electron chi connectivity index (χ0n) is 20.6. The van der Waals surface area contributed by atoms with Crippen molar-refractivity contribution in [1.82, 2.24) is 0 Å². The minimum Gasteiger partial charge on any atom is -0.430 e. The van der Waals surface area contributed by atoms with Crippen molar-refractivity contribution in [2.45, 2.75) is 84.7 Å². The van der Waals surface area contributed by atoms with E-state index in [1.807, 2.05) is 0 Å². The predicted octanol–water partition coefficient (Wildman–Crippen LogP) is 6.54. The Balaban J connectivity index is 1.41. The standard InChI is InChI=1S/C30H38O3/c1-28(2)25(18-8-6-5-7-9-18)22-17-24-21-11-10-19-16-20(31)12-14-29(19,3)23(21)13-15-30(24,4)26(22)33-27(28)32/h5-10,20-21,23-25,31H,11-17H2,1-4H3. The number of benzene rings is 1. The molecule has 7 unspecified atom stereocenters. The van der Waals surface area contributed by atoms with Crippen LogP contribution in [0.3, 0.4) is 0 Å². The quantitative estimate of drug-likeness (QED) is 0.393. The van der Waals surface area contributed by atoms with E-state index >= 15 is 0 Å². The smallest absolute Gasteiger partial charge is 0.317 e. The van der Waals surface area contributed by atoms with Crippen LogP contribution >= 0.6 is 0 Å². The first-order valence-electron chi connectivity index (χ1n) is 13.0. The maximum atomic E-state index is 13.3. The number of ether oxygens (including phenoxy) is 1. The number of hydrogen-bond acceptors (Lipinski definition) is 3. The fraction of sp³-hybridized carbons (Fsp3) is 0.633. The van der Waals surface area contributed by atoms with Gasteiger partial charge in [-0.25, -0.2) is 0 Å². The van der Waals surface area contributed by atoms with Gasteiger partial charge in [0.15, 0.2) is 0 Å². The molecule has 0 radical (unpaired) electrons. The Kier molecular flexibility index (Phi) is 4.64. The van der Waals surface area contributed by atoms with Crippen molar-refractivity contribution in [3.63, 3.8) is 0 Å². The third-order valence-corrected chi connectivity index (χ3v) is 10.6. The Morgan fingerprint density at radius 2 is 1.67 bits per heavy atom. The van der Waals surface area contributed by atoms with E-state index in [9.17, 15) is 9.90 Å². The molecule has 0 bridgehead atoms. The molecule has 4 aliphatic carbocycles. The summed E-state index contributed by atoms with van der Waals surface area (Å²) < 4.78 is 6.27. The Hall–Kier alpha value is -1.87. The number of rotatable bonds is 1. The SMILES string of the molecule is CC1(C)C(=O)OC2=C(CC3C4CC=C5CC(O)CCC5(C)C4CCC23C)C1c1ccccc1. The van der Waals surface area contributed by atoms with Crippen LogP contribution in [0.15, 0.2) is 53.3 Å². The third kappa shape index (κ3) is 2.87. The molecule has 2 saturated carbocycles.